The summed E-state index contributed by atoms with van der Waals surface area (Å²) in [5, 5.41) is 3.87. The minimum atomic E-state index is 0.378. The van der Waals surface area contributed by atoms with E-state index in [0.717, 1.165) is 35.9 Å². The minimum absolute atomic E-state index is 0.378. The van der Waals surface area contributed by atoms with Gasteiger partial charge in [0.15, 0.2) is 5.89 Å². The fraction of sp³-hybridized carbons (Fsp3) is 0.824. The number of hydrogen-bond donors (Lipinski definition) is 1. The third-order valence-corrected chi connectivity index (χ3v) is 5.75. The largest absolute Gasteiger partial charge is 0.448 e. The Morgan fingerprint density at radius 3 is 2.30 bits per heavy atom. The van der Waals surface area contributed by atoms with Gasteiger partial charge in [-0.15, -0.1) is 0 Å². The molecule has 4 aliphatic rings. The van der Waals surface area contributed by atoms with Crippen LogP contribution in [0.4, 0.5) is 0 Å². The van der Waals surface area contributed by atoms with Crippen LogP contribution in [0.1, 0.15) is 69.9 Å². The molecule has 1 aromatic heterocycles. The molecule has 1 aromatic rings. The molecule has 4 bridgehead atoms. The SMILES string of the molecule is CC(C)c1nc(CNC23CC4CC(CC(C4)C2)C3)co1. The van der Waals surface area contributed by atoms with Crippen LogP contribution >= 0.6 is 0 Å². The summed E-state index contributed by atoms with van der Waals surface area (Å²) in [4.78, 5) is 4.60. The van der Waals surface area contributed by atoms with Gasteiger partial charge in [-0.3, -0.25) is 0 Å². The monoisotopic (exact) mass is 274 g/mol. The number of nitrogens with one attached hydrogen (secondary N) is 1. The molecule has 4 saturated carbocycles. The number of nitrogens with zero attached hydrogens (tertiary/aromatic N) is 1. The lowest BCUT2D eigenvalue weighted by Gasteiger charge is -2.57. The first kappa shape index (κ1) is 12.9. The highest BCUT2D eigenvalue weighted by molar-refractivity contribution is 5.08. The van der Waals surface area contributed by atoms with Crippen molar-refractivity contribution in [3.63, 3.8) is 0 Å². The summed E-state index contributed by atoms with van der Waals surface area (Å²) in [7, 11) is 0. The molecule has 0 radical (unpaired) electrons. The summed E-state index contributed by atoms with van der Waals surface area (Å²) in [6.45, 7) is 5.13. The maximum Gasteiger partial charge on any atom is 0.196 e. The second-order valence-corrected chi connectivity index (χ2v) is 7.88. The van der Waals surface area contributed by atoms with E-state index < -0.39 is 0 Å². The molecular formula is C17H26N2O. The van der Waals surface area contributed by atoms with Crippen LogP contribution in [0.5, 0.6) is 0 Å². The maximum absolute atomic E-state index is 5.55. The standard InChI is InChI=1S/C17H26N2O/c1-11(2)16-19-15(10-20-16)9-18-17-6-12-3-13(7-17)5-14(4-12)8-17/h10-14,18H,3-9H2,1-2H3. The molecule has 4 aliphatic carbocycles. The summed E-state index contributed by atoms with van der Waals surface area (Å²) in [5.41, 5.74) is 1.50. The molecule has 3 nitrogen and oxygen atoms in total. The normalized spacial score (nSPS) is 38.9. The quantitative estimate of drug-likeness (QED) is 0.906. The Labute approximate surface area is 121 Å². The van der Waals surface area contributed by atoms with Crippen molar-refractivity contribution in [2.45, 2.75) is 70.4 Å². The average molecular weight is 274 g/mol. The summed E-state index contributed by atoms with van der Waals surface area (Å²) < 4.78 is 5.55. The van der Waals surface area contributed by atoms with Gasteiger partial charge in [0.2, 0.25) is 0 Å². The van der Waals surface area contributed by atoms with E-state index >= 15 is 0 Å². The van der Waals surface area contributed by atoms with Crippen molar-refractivity contribution in [2.24, 2.45) is 17.8 Å². The zero-order valence-corrected chi connectivity index (χ0v) is 12.7. The Bertz CT molecular complexity index is 456. The van der Waals surface area contributed by atoms with E-state index in [-0.39, 0.29) is 0 Å². The lowest BCUT2D eigenvalue weighted by atomic mass is 9.53. The topological polar surface area (TPSA) is 38.1 Å². The molecule has 0 amide bonds. The second-order valence-electron chi connectivity index (χ2n) is 7.88. The maximum atomic E-state index is 5.55. The molecule has 0 aliphatic heterocycles. The van der Waals surface area contributed by atoms with E-state index in [2.05, 4.69) is 24.1 Å². The molecule has 3 heteroatoms. The summed E-state index contributed by atoms with van der Waals surface area (Å²) in [6, 6.07) is 0. The van der Waals surface area contributed by atoms with Crippen LogP contribution in [-0.2, 0) is 6.54 Å². The van der Waals surface area contributed by atoms with Crippen LogP contribution in [0.15, 0.2) is 10.7 Å². The van der Waals surface area contributed by atoms with Crippen molar-refractivity contribution < 1.29 is 4.42 Å². The van der Waals surface area contributed by atoms with Crippen molar-refractivity contribution in [1.82, 2.24) is 10.3 Å². The molecule has 0 saturated heterocycles. The van der Waals surface area contributed by atoms with E-state index in [1.807, 2.05) is 6.26 Å². The van der Waals surface area contributed by atoms with Gasteiger partial charge in [0, 0.05) is 18.0 Å². The van der Waals surface area contributed by atoms with E-state index in [1.54, 1.807) is 0 Å². The van der Waals surface area contributed by atoms with Crippen LogP contribution in [0.2, 0.25) is 0 Å². The zero-order valence-electron chi connectivity index (χ0n) is 12.7. The van der Waals surface area contributed by atoms with Gasteiger partial charge >= 0.3 is 0 Å². The Kier molecular flexibility index (Phi) is 2.95. The Morgan fingerprint density at radius 2 is 1.80 bits per heavy atom. The van der Waals surface area contributed by atoms with Crippen LogP contribution in [0.25, 0.3) is 0 Å². The van der Waals surface area contributed by atoms with Gasteiger partial charge in [-0.2, -0.15) is 0 Å². The molecule has 110 valence electrons. The number of rotatable bonds is 4. The van der Waals surface area contributed by atoms with E-state index in [1.165, 1.54) is 38.5 Å². The zero-order chi connectivity index (χ0) is 13.7. The fourth-order valence-electron chi connectivity index (χ4n) is 5.27. The molecule has 20 heavy (non-hydrogen) atoms. The molecule has 0 unspecified atom stereocenters. The molecule has 0 spiro atoms. The molecule has 1 heterocycles. The van der Waals surface area contributed by atoms with Crippen LogP contribution in [0.3, 0.4) is 0 Å². The minimum Gasteiger partial charge on any atom is -0.448 e. The molecule has 4 fully saturated rings. The Hall–Kier alpha value is -0.830. The van der Waals surface area contributed by atoms with E-state index in [9.17, 15) is 0 Å². The van der Waals surface area contributed by atoms with Crippen LogP contribution in [0, 0.1) is 17.8 Å². The van der Waals surface area contributed by atoms with Gasteiger partial charge in [-0.1, -0.05) is 13.8 Å². The third kappa shape index (κ3) is 2.20. The van der Waals surface area contributed by atoms with Crippen molar-refractivity contribution in [3.8, 4) is 0 Å². The summed E-state index contributed by atoms with van der Waals surface area (Å²) >= 11 is 0. The van der Waals surface area contributed by atoms with Crippen molar-refractivity contribution in [1.29, 1.82) is 0 Å². The second kappa shape index (κ2) is 4.59. The average Bonchev–Trinajstić information content (AvgIpc) is 2.84. The highest BCUT2D eigenvalue weighted by atomic mass is 16.3. The van der Waals surface area contributed by atoms with Crippen molar-refractivity contribution in [3.05, 3.63) is 17.8 Å². The van der Waals surface area contributed by atoms with E-state index in [0.29, 0.717) is 11.5 Å². The molecule has 0 atom stereocenters. The molecule has 0 aromatic carbocycles. The highest BCUT2D eigenvalue weighted by Gasteiger charge is 2.50. The van der Waals surface area contributed by atoms with Crippen LogP contribution in [-0.4, -0.2) is 10.5 Å². The fourth-order valence-corrected chi connectivity index (χ4v) is 5.27. The van der Waals surface area contributed by atoms with Crippen molar-refractivity contribution in [2.75, 3.05) is 0 Å². The van der Waals surface area contributed by atoms with Crippen molar-refractivity contribution >= 4 is 0 Å². The van der Waals surface area contributed by atoms with Gasteiger partial charge in [-0.25, -0.2) is 4.98 Å². The van der Waals surface area contributed by atoms with Gasteiger partial charge < -0.3 is 9.73 Å². The van der Waals surface area contributed by atoms with Gasteiger partial charge in [-0.05, 0) is 56.3 Å². The number of oxazole rings is 1. The van der Waals surface area contributed by atoms with Gasteiger partial charge in [0.05, 0.1) is 5.69 Å². The predicted octanol–water partition coefficient (Wildman–Crippen LogP) is 3.86. The lowest BCUT2D eigenvalue weighted by molar-refractivity contribution is -0.0207. The van der Waals surface area contributed by atoms with Crippen LogP contribution < -0.4 is 5.32 Å². The Morgan fingerprint density at radius 1 is 1.20 bits per heavy atom. The molecule has 1 N–H and O–H groups in total. The predicted molar refractivity (Wildman–Crippen MR) is 78.3 cm³/mol. The number of hydrogen-bond acceptors (Lipinski definition) is 3. The summed E-state index contributed by atoms with van der Waals surface area (Å²) in [5.74, 6) is 4.24. The third-order valence-electron chi connectivity index (χ3n) is 5.75. The smallest absolute Gasteiger partial charge is 0.196 e. The highest BCUT2D eigenvalue weighted by Crippen LogP contribution is 2.55. The Balaban J connectivity index is 1.43. The molecular weight excluding hydrogens is 248 g/mol. The first-order chi connectivity index (χ1) is 9.62. The van der Waals surface area contributed by atoms with E-state index in [4.69, 9.17) is 4.42 Å². The van der Waals surface area contributed by atoms with Gasteiger partial charge in [0.1, 0.15) is 6.26 Å². The lowest BCUT2D eigenvalue weighted by Crippen LogP contribution is -2.58. The molecule has 5 rings (SSSR count). The first-order valence-corrected chi connectivity index (χ1v) is 8.31. The first-order valence-electron chi connectivity index (χ1n) is 8.31. The summed E-state index contributed by atoms with van der Waals surface area (Å²) in [6.07, 6.45) is 10.5. The van der Waals surface area contributed by atoms with Gasteiger partial charge in [0.25, 0.3) is 0 Å². The number of aromatic nitrogens is 1.